The van der Waals surface area contributed by atoms with E-state index in [4.69, 9.17) is 9.47 Å². The molecule has 0 aliphatic carbocycles. The molecule has 2 aromatic rings. The van der Waals surface area contributed by atoms with Crippen molar-refractivity contribution in [1.82, 2.24) is 0 Å². The molecular formula is C19H20N2O5. The summed E-state index contributed by atoms with van der Waals surface area (Å²) in [5, 5.41) is 13.6. The van der Waals surface area contributed by atoms with E-state index in [2.05, 4.69) is 11.9 Å². The second-order valence-electron chi connectivity index (χ2n) is 5.34. The van der Waals surface area contributed by atoms with Gasteiger partial charge in [0, 0.05) is 23.4 Å². The van der Waals surface area contributed by atoms with Crippen molar-refractivity contribution in [1.29, 1.82) is 0 Å². The molecule has 2 aromatic carbocycles. The predicted molar refractivity (Wildman–Crippen MR) is 98.7 cm³/mol. The molecule has 26 heavy (non-hydrogen) atoms. The Morgan fingerprint density at radius 3 is 2.58 bits per heavy atom. The third-order valence-electron chi connectivity index (χ3n) is 3.43. The van der Waals surface area contributed by atoms with Crippen LogP contribution >= 0.6 is 0 Å². The molecule has 7 heteroatoms. The molecular weight excluding hydrogens is 336 g/mol. The summed E-state index contributed by atoms with van der Waals surface area (Å²) >= 11 is 0. The van der Waals surface area contributed by atoms with Crippen molar-refractivity contribution in [2.24, 2.45) is 0 Å². The summed E-state index contributed by atoms with van der Waals surface area (Å²) in [7, 11) is 0. The van der Waals surface area contributed by atoms with Crippen LogP contribution in [0.25, 0.3) is 0 Å². The molecule has 7 nitrogen and oxygen atoms in total. The number of rotatable bonds is 9. The number of nitrogens with one attached hydrogen (secondary N) is 1. The van der Waals surface area contributed by atoms with Gasteiger partial charge in [-0.3, -0.25) is 14.9 Å². The van der Waals surface area contributed by atoms with Gasteiger partial charge in [0.1, 0.15) is 11.5 Å². The molecule has 0 unspecified atom stereocenters. The summed E-state index contributed by atoms with van der Waals surface area (Å²) in [5.74, 6) is 0.802. The molecule has 1 N–H and O–H groups in total. The number of amides is 1. The van der Waals surface area contributed by atoms with Gasteiger partial charge in [-0.1, -0.05) is 6.08 Å². The van der Waals surface area contributed by atoms with Crippen molar-refractivity contribution in [3.8, 4) is 11.5 Å². The highest BCUT2D eigenvalue weighted by atomic mass is 16.6. The van der Waals surface area contributed by atoms with E-state index < -0.39 is 4.92 Å². The second kappa shape index (κ2) is 9.22. The van der Waals surface area contributed by atoms with Crippen LogP contribution in [0.2, 0.25) is 0 Å². The van der Waals surface area contributed by atoms with E-state index in [9.17, 15) is 14.9 Å². The number of carbonyl (C=O) groups is 1. The molecule has 0 aromatic heterocycles. The lowest BCUT2D eigenvalue weighted by Crippen LogP contribution is -2.20. The number of benzene rings is 2. The molecule has 0 radical (unpaired) electrons. The van der Waals surface area contributed by atoms with Crippen molar-refractivity contribution < 1.29 is 19.2 Å². The number of non-ortho nitro benzene ring substituents is 1. The van der Waals surface area contributed by atoms with Gasteiger partial charge in [-0.25, -0.2) is 0 Å². The zero-order chi connectivity index (χ0) is 18.9. The van der Waals surface area contributed by atoms with Gasteiger partial charge in [0.05, 0.1) is 11.5 Å². The monoisotopic (exact) mass is 356 g/mol. The van der Waals surface area contributed by atoms with E-state index in [0.29, 0.717) is 30.0 Å². The summed E-state index contributed by atoms with van der Waals surface area (Å²) in [6.07, 6.45) is 2.02. The van der Waals surface area contributed by atoms with Crippen LogP contribution in [-0.2, 0) is 11.2 Å². The van der Waals surface area contributed by atoms with Crippen LogP contribution in [0.5, 0.6) is 11.5 Å². The Hall–Kier alpha value is -3.35. The molecule has 0 aliphatic rings. The Morgan fingerprint density at radius 2 is 1.96 bits per heavy atom. The predicted octanol–water partition coefficient (Wildman–Crippen LogP) is 3.74. The molecule has 0 saturated heterocycles. The minimum absolute atomic E-state index is 0.0342. The first-order valence-corrected chi connectivity index (χ1v) is 8.07. The van der Waals surface area contributed by atoms with Gasteiger partial charge < -0.3 is 14.8 Å². The van der Waals surface area contributed by atoms with Crippen LogP contribution < -0.4 is 14.8 Å². The zero-order valence-corrected chi connectivity index (χ0v) is 14.4. The first kappa shape index (κ1) is 19.0. The maximum absolute atomic E-state index is 12.0. The van der Waals surface area contributed by atoms with E-state index in [1.54, 1.807) is 30.3 Å². The average molecular weight is 356 g/mol. The van der Waals surface area contributed by atoms with Crippen molar-refractivity contribution in [2.75, 3.05) is 18.5 Å². The van der Waals surface area contributed by atoms with Gasteiger partial charge in [-0.15, -0.1) is 6.58 Å². The smallest absolute Gasteiger partial charge is 0.269 e. The van der Waals surface area contributed by atoms with Gasteiger partial charge >= 0.3 is 0 Å². The van der Waals surface area contributed by atoms with E-state index in [1.807, 2.05) is 6.92 Å². The van der Waals surface area contributed by atoms with E-state index in [1.165, 1.54) is 18.2 Å². The number of nitro groups is 1. The maximum atomic E-state index is 12.0. The lowest BCUT2D eigenvalue weighted by atomic mass is 10.1. The number of nitrogens with zero attached hydrogens (tertiary/aromatic N) is 1. The fourth-order valence-electron chi connectivity index (χ4n) is 2.28. The summed E-state index contributed by atoms with van der Waals surface area (Å²) in [4.78, 5) is 22.4. The van der Waals surface area contributed by atoms with Crippen LogP contribution in [0.1, 0.15) is 12.5 Å². The van der Waals surface area contributed by atoms with Crippen molar-refractivity contribution in [2.45, 2.75) is 13.3 Å². The Kier molecular flexibility index (Phi) is 6.73. The molecule has 0 spiro atoms. The number of hydrogen-bond donors (Lipinski definition) is 1. The number of nitro benzene ring substituents is 1. The largest absolute Gasteiger partial charge is 0.494 e. The quantitative estimate of drug-likeness (QED) is 0.420. The normalized spacial score (nSPS) is 10.0. The Balaban J connectivity index is 1.97. The van der Waals surface area contributed by atoms with Crippen LogP contribution in [-0.4, -0.2) is 24.0 Å². The summed E-state index contributed by atoms with van der Waals surface area (Å²) in [5.41, 5.74) is 1.19. The molecule has 0 fully saturated rings. The number of ether oxygens (including phenoxy) is 2. The molecule has 2 rings (SSSR count). The summed E-state index contributed by atoms with van der Waals surface area (Å²) < 4.78 is 10.9. The lowest BCUT2D eigenvalue weighted by molar-refractivity contribution is -0.384. The van der Waals surface area contributed by atoms with Gasteiger partial charge in [0.15, 0.2) is 6.61 Å². The lowest BCUT2D eigenvalue weighted by Gasteiger charge is -2.11. The fraction of sp³-hybridized carbons (Fsp3) is 0.211. The van der Waals surface area contributed by atoms with E-state index in [-0.39, 0.29) is 18.2 Å². The minimum atomic E-state index is -0.477. The number of allylic oxidation sites excluding steroid dienone is 1. The van der Waals surface area contributed by atoms with Crippen LogP contribution in [0.4, 0.5) is 11.4 Å². The first-order valence-electron chi connectivity index (χ1n) is 8.07. The van der Waals surface area contributed by atoms with Crippen molar-refractivity contribution >= 4 is 17.3 Å². The Labute approximate surface area is 151 Å². The molecule has 1 amide bonds. The molecule has 0 atom stereocenters. The van der Waals surface area contributed by atoms with Gasteiger partial charge in [-0.05, 0) is 43.7 Å². The standard InChI is InChI=1S/C19H20N2O5/c1-3-5-14-12-16(21(23)24)8-11-18(14)26-13-19(22)20-15-6-9-17(10-7-15)25-4-2/h3,6-12H,1,4-5,13H2,2H3,(H,20,22). The van der Waals surface area contributed by atoms with E-state index >= 15 is 0 Å². The fourth-order valence-corrected chi connectivity index (χ4v) is 2.28. The molecule has 136 valence electrons. The number of anilines is 1. The molecule has 0 saturated carbocycles. The van der Waals surface area contributed by atoms with Gasteiger partial charge in [0.2, 0.25) is 0 Å². The summed E-state index contributed by atoms with van der Waals surface area (Å²) in [6, 6.07) is 11.2. The van der Waals surface area contributed by atoms with Gasteiger partial charge in [-0.2, -0.15) is 0 Å². The van der Waals surface area contributed by atoms with Gasteiger partial charge in [0.25, 0.3) is 11.6 Å². The Bertz CT molecular complexity index is 787. The number of hydrogen-bond acceptors (Lipinski definition) is 5. The summed E-state index contributed by atoms with van der Waals surface area (Å²) in [6.45, 7) is 5.88. The van der Waals surface area contributed by atoms with Crippen LogP contribution in [0, 0.1) is 10.1 Å². The average Bonchev–Trinajstić information content (AvgIpc) is 2.62. The SMILES string of the molecule is C=CCc1cc([N+](=O)[O-])ccc1OCC(=O)Nc1ccc(OCC)cc1. The minimum Gasteiger partial charge on any atom is -0.494 e. The highest BCUT2D eigenvalue weighted by molar-refractivity contribution is 5.91. The number of carbonyl (C=O) groups excluding carboxylic acids is 1. The zero-order valence-electron chi connectivity index (χ0n) is 14.4. The van der Waals surface area contributed by atoms with Crippen molar-refractivity contribution in [3.63, 3.8) is 0 Å². The molecule has 0 heterocycles. The third-order valence-corrected chi connectivity index (χ3v) is 3.43. The highest BCUT2D eigenvalue weighted by Gasteiger charge is 2.12. The van der Waals surface area contributed by atoms with Crippen LogP contribution in [0.3, 0.4) is 0 Å². The van der Waals surface area contributed by atoms with Crippen molar-refractivity contribution in [3.05, 3.63) is 70.8 Å². The Morgan fingerprint density at radius 1 is 1.23 bits per heavy atom. The molecule has 0 aliphatic heterocycles. The topological polar surface area (TPSA) is 90.7 Å². The van der Waals surface area contributed by atoms with E-state index in [0.717, 1.165) is 5.75 Å². The highest BCUT2D eigenvalue weighted by Crippen LogP contribution is 2.25. The first-order chi connectivity index (χ1) is 12.5. The maximum Gasteiger partial charge on any atom is 0.269 e. The second-order valence-corrected chi connectivity index (χ2v) is 5.34. The molecule has 0 bridgehead atoms. The third kappa shape index (κ3) is 5.34. The van der Waals surface area contributed by atoms with Crippen LogP contribution in [0.15, 0.2) is 55.1 Å².